The molecule has 31 heavy (non-hydrogen) atoms. The number of carbonyl (C=O) groups is 3. The first-order valence-corrected chi connectivity index (χ1v) is 10.5. The number of anilines is 1. The van der Waals surface area contributed by atoms with Gasteiger partial charge in [0.1, 0.15) is 5.75 Å². The van der Waals surface area contributed by atoms with Gasteiger partial charge in [0.2, 0.25) is 5.91 Å². The number of benzene rings is 2. The molecular formula is C24H31N3O4. The second kappa shape index (κ2) is 11.7. The number of hydrogen-bond acceptors (Lipinski definition) is 4. The van der Waals surface area contributed by atoms with Crippen LogP contribution in [0, 0.1) is 6.92 Å². The summed E-state index contributed by atoms with van der Waals surface area (Å²) in [6.07, 6.45) is 2.25. The summed E-state index contributed by atoms with van der Waals surface area (Å²) >= 11 is 0. The first-order chi connectivity index (χ1) is 14.8. The topological polar surface area (TPSA) is 96.5 Å². The van der Waals surface area contributed by atoms with Crippen molar-refractivity contribution in [2.45, 2.75) is 52.9 Å². The van der Waals surface area contributed by atoms with Crippen LogP contribution in [0.2, 0.25) is 0 Å². The molecule has 7 heteroatoms. The first kappa shape index (κ1) is 23.9. The fourth-order valence-corrected chi connectivity index (χ4v) is 2.89. The summed E-state index contributed by atoms with van der Waals surface area (Å²) in [5.74, 6) is -0.0635. The summed E-state index contributed by atoms with van der Waals surface area (Å²) in [6.45, 7) is 7.88. The molecule has 3 N–H and O–H groups in total. The summed E-state index contributed by atoms with van der Waals surface area (Å²) in [5.41, 5.74) is 7.75. The van der Waals surface area contributed by atoms with Gasteiger partial charge in [0.15, 0.2) is 6.61 Å². The Morgan fingerprint density at radius 3 is 2.32 bits per heavy atom. The molecule has 0 aliphatic rings. The molecule has 7 nitrogen and oxygen atoms in total. The summed E-state index contributed by atoms with van der Waals surface area (Å²) in [7, 11) is 0. The van der Waals surface area contributed by atoms with Crippen molar-refractivity contribution in [2.75, 3.05) is 11.9 Å². The van der Waals surface area contributed by atoms with Crippen molar-refractivity contribution in [3.05, 3.63) is 59.2 Å². The van der Waals surface area contributed by atoms with Gasteiger partial charge in [0.25, 0.3) is 11.8 Å². The molecule has 0 aliphatic heterocycles. The second-order valence-corrected chi connectivity index (χ2v) is 7.72. The zero-order chi connectivity index (χ0) is 22.8. The van der Waals surface area contributed by atoms with Crippen molar-refractivity contribution in [3.63, 3.8) is 0 Å². The van der Waals surface area contributed by atoms with Crippen LogP contribution < -0.4 is 20.9 Å². The molecule has 0 heterocycles. The lowest BCUT2D eigenvalue weighted by molar-refractivity contribution is -0.123. The molecule has 0 unspecified atom stereocenters. The molecule has 0 saturated heterocycles. The van der Waals surface area contributed by atoms with Crippen LogP contribution in [0.4, 0.5) is 5.69 Å². The van der Waals surface area contributed by atoms with E-state index < -0.39 is 11.8 Å². The van der Waals surface area contributed by atoms with Gasteiger partial charge in [-0.3, -0.25) is 25.2 Å². The Morgan fingerprint density at radius 1 is 0.968 bits per heavy atom. The summed E-state index contributed by atoms with van der Waals surface area (Å²) < 4.78 is 5.66. The third-order valence-electron chi connectivity index (χ3n) is 4.65. The minimum absolute atomic E-state index is 0.0550. The van der Waals surface area contributed by atoms with Gasteiger partial charge in [0, 0.05) is 17.7 Å². The maximum Gasteiger partial charge on any atom is 0.276 e. The number of aryl methyl sites for hydroxylation is 1. The standard InChI is InChI=1S/C24H31N3O4/c1-5-6-7-22(28)25-19-11-9-18(10-12-19)24(30)27-26-23(29)15-31-21-14-17(4)8-13-20(21)16(2)3/h8-14,16H,5-7,15H2,1-4H3,(H,25,28)(H,26,29)(H,27,30). The molecule has 3 amide bonds. The monoisotopic (exact) mass is 425 g/mol. The van der Waals surface area contributed by atoms with E-state index in [0.29, 0.717) is 23.4 Å². The molecule has 2 aromatic carbocycles. The van der Waals surface area contributed by atoms with Gasteiger partial charge in [-0.2, -0.15) is 0 Å². The van der Waals surface area contributed by atoms with Gasteiger partial charge in [-0.15, -0.1) is 0 Å². The normalized spacial score (nSPS) is 10.5. The molecule has 0 aromatic heterocycles. The van der Waals surface area contributed by atoms with E-state index in [1.807, 2.05) is 32.0 Å². The molecule has 0 bridgehead atoms. The minimum Gasteiger partial charge on any atom is -0.483 e. The predicted octanol–water partition coefficient (Wildman–Crippen LogP) is 4.09. The van der Waals surface area contributed by atoms with Crippen molar-refractivity contribution in [3.8, 4) is 5.75 Å². The van der Waals surface area contributed by atoms with Crippen molar-refractivity contribution in [2.24, 2.45) is 0 Å². The number of rotatable bonds is 9. The average Bonchev–Trinajstić information content (AvgIpc) is 2.74. The van der Waals surface area contributed by atoms with E-state index in [1.165, 1.54) is 0 Å². The third kappa shape index (κ3) is 7.77. The highest BCUT2D eigenvalue weighted by Gasteiger charge is 2.12. The number of unbranched alkanes of at least 4 members (excludes halogenated alkanes) is 1. The van der Waals surface area contributed by atoms with Crippen LogP contribution in [0.1, 0.15) is 67.4 Å². The van der Waals surface area contributed by atoms with E-state index >= 15 is 0 Å². The van der Waals surface area contributed by atoms with E-state index in [-0.39, 0.29) is 18.4 Å². The van der Waals surface area contributed by atoms with Crippen LogP contribution in [-0.4, -0.2) is 24.3 Å². The zero-order valence-corrected chi connectivity index (χ0v) is 18.6. The van der Waals surface area contributed by atoms with E-state index in [1.54, 1.807) is 24.3 Å². The summed E-state index contributed by atoms with van der Waals surface area (Å²) in [5, 5.41) is 2.78. The van der Waals surface area contributed by atoms with Crippen LogP contribution in [0.5, 0.6) is 5.75 Å². The van der Waals surface area contributed by atoms with Crippen molar-refractivity contribution in [1.29, 1.82) is 0 Å². The van der Waals surface area contributed by atoms with Crippen molar-refractivity contribution in [1.82, 2.24) is 10.9 Å². The Bertz CT molecular complexity index is 908. The van der Waals surface area contributed by atoms with Gasteiger partial charge >= 0.3 is 0 Å². The molecular weight excluding hydrogens is 394 g/mol. The fraction of sp³-hybridized carbons (Fsp3) is 0.375. The number of hydrazine groups is 1. The Hall–Kier alpha value is -3.35. The van der Waals surface area contributed by atoms with E-state index in [0.717, 1.165) is 24.0 Å². The van der Waals surface area contributed by atoms with E-state index in [4.69, 9.17) is 4.74 Å². The van der Waals surface area contributed by atoms with Gasteiger partial charge < -0.3 is 10.1 Å². The van der Waals surface area contributed by atoms with Crippen LogP contribution in [0.3, 0.4) is 0 Å². The number of carbonyl (C=O) groups excluding carboxylic acids is 3. The van der Waals surface area contributed by atoms with Crippen LogP contribution in [-0.2, 0) is 9.59 Å². The van der Waals surface area contributed by atoms with Gasteiger partial charge in [-0.05, 0) is 60.7 Å². The SMILES string of the molecule is CCCCC(=O)Nc1ccc(C(=O)NNC(=O)COc2cc(C)ccc2C(C)C)cc1. The second-order valence-electron chi connectivity index (χ2n) is 7.72. The average molecular weight is 426 g/mol. The number of ether oxygens (including phenoxy) is 1. The molecule has 2 rings (SSSR count). The largest absolute Gasteiger partial charge is 0.483 e. The summed E-state index contributed by atoms with van der Waals surface area (Å²) in [6, 6.07) is 12.3. The van der Waals surface area contributed by atoms with Crippen LogP contribution in [0.25, 0.3) is 0 Å². The lowest BCUT2D eigenvalue weighted by Gasteiger charge is -2.15. The van der Waals surface area contributed by atoms with Crippen LogP contribution in [0.15, 0.2) is 42.5 Å². The number of hydrogen-bond donors (Lipinski definition) is 3. The quantitative estimate of drug-likeness (QED) is 0.527. The smallest absolute Gasteiger partial charge is 0.276 e. The number of amides is 3. The highest BCUT2D eigenvalue weighted by Crippen LogP contribution is 2.27. The predicted molar refractivity (Wildman–Crippen MR) is 121 cm³/mol. The minimum atomic E-state index is -0.468. The Labute approximate surface area is 183 Å². The molecule has 2 aromatic rings. The Balaban J connectivity index is 1.82. The maximum absolute atomic E-state index is 12.2. The van der Waals surface area contributed by atoms with Gasteiger partial charge in [-0.25, -0.2) is 0 Å². The first-order valence-electron chi connectivity index (χ1n) is 10.5. The number of nitrogens with one attached hydrogen (secondary N) is 3. The third-order valence-corrected chi connectivity index (χ3v) is 4.65. The highest BCUT2D eigenvalue weighted by molar-refractivity contribution is 5.96. The van der Waals surface area contributed by atoms with Gasteiger partial charge in [-0.1, -0.05) is 39.3 Å². The lowest BCUT2D eigenvalue weighted by atomic mass is 10.0. The molecule has 166 valence electrons. The lowest BCUT2D eigenvalue weighted by Crippen LogP contribution is -2.43. The molecule has 0 aliphatic carbocycles. The molecule has 0 radical (unpaired) electrons. The zero-order valence-electron chi connectivity index (χ0n) is 18.6. The maximum atomic E-state index is 12.2. The Morgan fingerprint density at radius 2 is 1.68 bits per heavy atom. The molecule has 0 atom stereocenters. The fourth-order valence-electron chi connectivity index (χ4n) is 2.89. The molecule has 0 spiro atoms. The molecule has 0 fully saturated rings. The Kier molecular flexibility index (Phi) is 9.06. The van der Waals surface area contributed by atoms with Crippen LogP contribution >= 0.6 is 0 Å². The van der Waals surface area contributed by atoms with Gasteiger partial charge in [0.05, 0.1) is 0 Å². The van der Waals surface area contributed by atoms with Crippen molar-refractivity contribution >= 4 is 23.4 Å². The van der Waals surface area contributed by atoms with E-state index in [9.17, 15) is 14.4 Å². The van der Waals surface area contributed by atoms with E-state index in [2.05, 4.69) is 30.0 Å². The molecule has 0 saturated carbocycles. The summed E-state index contributed by atoms with van der Waals surface area (Å²) in [4.78, 5) is 36.1. The van der Waals surface area contributed by atoms with Crippen molar-refractivity contribution < 1.29 is 19.1 Å². The highest BCUT2D eigenvalue weighted by atomic mass is 16.5.